The highest BCUT2D eigenvalue weighted by molar-refractivity contribution is 5.93. The van der Waals surface area contributed by atoms with Crippen molar-refractivity contribution in [2.75, 3.05) is 11.4 Å². The molecule has 0 heterocycles. The summed E-state index contributed by atoms with van der Waals surface area (Å²) in [5, 5.41) is 0. The average Bonchev–Trinajstić information content (AvgIpc) is 2.59. The normalized spacial score (nSPS) is 11.9. The number of para-hydroxylation sites is 1. The number of benzene rings is 2. The SMILES string of the molecule is CCCCC(=O)N(CC(N)Cc1ccccc1)c1ccccc1. The Labute approximate surface area is 139 Å². The van der Waals surface area contributed by atoms with Gasteiger partial charge in [-0.05, 0) is 30.5 Å². The summed E-state index contributed by atoms with van der Waals surface area (Å²) in [6.45, 7) is 2.64. The van der Waals surface area contributed by atoms with Crippen molar-refractivity contribution in [1.82, 2.24) is 0 Å². The van der Waals surface area contributed by atoms with Crippen molar-refractivity contribution >= 4 is 11.6 Å². The molecule has 0 radical (unpaired) electrons. The molecule has 122 valence electrons. The van der Waals surface area contributed by atoms with Crippen LogP contribution in [0, 0.1) is 0 Å². The number of amides is 1. The third-order valence-electron chi connectivity index (χ3n) is 3.87. The van der Waals surface area contributed by atoms with Crippen LogP contribution in [0.5, 0.6) is 0 Å². The lowest BCUT2D eigenvalue weighted by Crippen LogP contribution is -2.42. The van der Waals surface area contributed by atoms with Crippen molar-refractivity contribution in [1.29, 1.82) is 0 Å². The van der Waals surface area contributed by atoms with Crippen LogP contribution in [0.25, 0.3) is 0 Å². The Bertz CT molecular complexity index is 583. The molecule has 0 saturated carbocycles. The fraction of sp³-hybridized carbons (Fsp3) is 0.350. The molecule has 1 unspecified atom stereocenters. The van der Waals surface area contributed by atoms with Crippen molar-refractivity contribution in [3.05, 3.63) is 66.2 Å². The van der Waals surface area contributed by atoms with Crippen molar-refractivity contribution in [3.63, 3.8) is 0 Å². The van der Waals surface area contributed by atoms with Gasteiger partial charge in [0, 0.05) is 24.7 Å². The lowest BCUT2D eigenvalue weighted by molar-refractivity contribution is -0.118. The zero-order chi connectivity index (χ0) is 16.5. The first-order chi connectivity index (χ1) is 11.2. The number of rotatable bonds is 8. The molecule has 0 fully saturated rings. The van der Waals surface area contributed by atoms with Crippen molar-refractivity contribution in [3.8, 4) is 0 Å². The fourth-order valence-corrected chi connectivity index (χ4v) is 2.64. The molecule has 0 aromatic heterocycles. The Morgan fingerprint density at radius 3 is 2.26 bits per heavy atom. The van der Waals surface area contributed by atoms with E-state index in [1.807, 2.05) is 53.4 Å². The highest BCUT2D eigenvalue weighted by Crippen LogP contribution is 2.16. The largest absolute Gasteiger partial charge is 0.326 e. The maximum absolute atomic E-state index is 12.6. The van der Waals surface area contributed by atoms with Gasteiger partial charge in [-0.1, -0.05) is 61.9 Å². The number of carbonyl (C=O) groups is 1. The van der Waals surface area contributed by atoms with Gasteiger partial charge in [-0.25, -0.2) is 0 Å². The van der Waals surface area contributed by atoms with Crippen molar-refractivity contribution in [2.24, 2.45) is 5.73 Å². The van der Waals surface area contributed by atoms with Crippen LogP contribution >= 0.6 is 0 Å². The minimum absolute atomic E-state index is 0.0804. The van der Waals surface area contributed by atoms with E-state index in [4.69, 9.17) is 5.73 Å². The van der Waals surface area contributed by atoms with E-state index in [-0.39, 0.29) is 11.9 Å². The van der Waals surface area contributed by atoms with Gasteiger partial charge in [-0.2, -0.15) is 0 Å². The molecule has 2 N–H and O–H groups in total. The molecule has 23 heavy (non-hydrogen) atoms. The molecule has 0 saturated heterocycles. The molecule has 1 atom stereocenters. The Hall–Kier alpha value is -2.13. The summed E-state index contributed by atoms with van der Waals surface area (Å²) in [5.41, 5.74) is 8.45. The summed E-state index contributed by atoms with van der Waals surface area (Å²) in [6, 6.07) is 19.9. The number of hydrogen-bond donors (Lipinski definition) is 1. The van der Waals surface area contributed by atoms with E-state index >= 15 is 0 Å². The lowest BCUT2D eigenvalue weighted by atomic mass is 10.1. The van der Waals surface area contributed by atoms with Gasteiger partial charge in [0.25, 0.3) is 0 Å². The van der Waals surface area contributed by atoms with Crippen LogP contribution < -0.4 is 10.6 Å². The zero-order valence-electron chi connectivity index (χ0n) is 13.8. The first-order valence-corrected chi connectivity index (χ1v) is 8.35. The zero-order valence-corrected chi connectivity index (χ0v) is 13.8. The molecule has 0 spiro atoms. The number of nitrogens with two attached hydrogens (primary N) is 1. The second-order valence-corrected chi connectivity index (χ2v) is 5.89. The molecule has 2 rings (SSSR count). The van der Waals surface area contributed by atoms with E-state index in [1.165, 1.54) is 5.56 Å². The third kappa shape index (κ3) is 5.53. The second kappa shape index (κ2) is 9.11. The Kier molecular flexibility index (Phi) is 6.82. The number of hydrogen-bond acceptors (Lipinski definition) is 2. The summed E-state index contributed by atoms with van der Waals surface area (Å²) >= 11 is 0. The number of anilines is 1. The lowest BCUT2D eigenvalue weighted by Gasteiger charge is -2.26. The van der Waals surface area contributed by atoms with Crippen molar-refractivity contribution in [2.45, 2.75) is 38.6 Å². The molecular formula is C20H26N2O. The van der Waals surface area contributed by atoms with Gasteiger partial charge in [-0.3, -0.25) is 4.79 Å². The maximum atomic E-state index is 12.6. The monoisotopic (exact) mass is 310 g/mol. The van der Waals surface area contributed by atoms with Gasteiger partial charge < -0.3 is 10.6 Å². The van der Waals surface area contributed by atoms with Gasteiger partial charge in [0.1, 0.15) is 0 Å². The molecule has 0 bridgehead atoms. The van der Waals surface area contributed by atoms with Crippen LogP contribution in [0.4, 0.5) is 5.69 Å². The van der Waals surface area contributed by atoms with E-state index < -0.39 is 0 Å². The van der Waals surface area contributed by atoms with E-state index in [0.717, 1.165) is 24.9 Å². The average molecular weight is 310 g/mol. The van der Waals surface area contributed by atoms with E-state index in [0.29, 0.717) is 13.0 Å². The van der Waals surface area contributed by atoms with Crippen LogP contribution in [0.2, 0.25) is 0 Å². The van der Waals surface area contributed by atoms with E-state index in [9.17, 15) is 4.79 Å². The summed E-state index contributed by atoms with van der Waals surface area (Å²) in [6.07, 6.45) is 3.27. The second-order valence-electron chi connectivity index (χ2n) is 5.89. The van der Waals surface area contributed by atoms with Crippen LogP contribution in [-0.4, -0.2) is 18.5 Å². The number of carbonyl (C=O) groups excluding carboxylic acids is 1. The first kappa shape index (κ1) is 17.2. The molecule has 3 nitrogen and oxygen atoms in total. The summed E-state index contributed by atoms with van der Waals surface area (Å²) in [7, 11) is 0. The van der Waals surface area contributed by atoms with Gasteiger partial charge in [0.05, 0.1) is 0 Å². The number of nitrogens with zero attached hydrogens (tertiary/aromatic N) is 1. The predicted molar refractivity (Wildman–Crippen MR) is 96.4 cm³/mol. The van der Waals surface area contributed by atoms with Crippen LogP contribution in [0.3, 0.4) is 0 Å². The molecule has 0 aliphatic heterocycles. The molecular weight excluding hydrogens is 284 g/mol. The van der Waals surface area contributed by atoms with Crippen molar-refractivity contribution < 1.29 is 4.79 Å². The standard InChI is InChI=1S/C20H26N2O/c1-2-3-14-20(23)22(19-12-8-5-9-13-19)16-18(21)15-17-10-6-4-7-11-17/h4-13,18H,2-3,14-16,21H2,1H3. The predicted octanol–water partition coefficient (Wildman–Crippen LogP) is 3.78. The fourth-order valence-electron chi connectivity index (χ4n) is 2.64. The van der Waals surface area contributed by atoms with Crippen LogP contribution in [-0.2, 0) is 11.2 Å². The molecule has 0 aliphatic carbocycles. The molecule has 2 aromatic carbocycles. The Balaban J connectivity index is 2.06. The quantitative estimate of drug-likeness (QED) is 0.806. The summed E-state index contributed by atoms with van der Waals surface area (Å²) < 4.78 is 0. The minimum Gasteiger partial charge on any atom is -0.326 e. The van der Waals surface area contributed by atoms with Crippen LogP contribution in [0.1, 0.15) is 31.7 Å². The molecule has 0 aliphatic rings. The van der Waals surface area contributed by atoms with Gasteiger partial charge >= 0.3 is 0 Å². The summed E-state index contributed by atoms with van der Waals surface area (Å²) in [4.78, 5) is 14.4. The van der Waals surface area contributed by atoms with Gasteiger partial charge in [0.2, 0.25) is 5.91 Å². The molecule has 1 amide bonds. The topological polar surface area (TPSA) is 46.3 Å². The Morgan fingerprint density at radius 1 is 1.04 bits per heavy atom. The van der Waals surface area contributed by atoms with Gasteiger partial charge in [-0.15, -0.1) is 0 Å². The van der Waals surface area contributed by atoms with Crippen LogP contribution in [0.15, 0.2) is 60.7 Å². The van der Waals surface area contributed by atoms with E-state index in [1.54, 1.807) is 0 Å². The highest BCUT2D eigenvalue weighted by Gasteiger charge is 2.18. The van der Waals surface area contributed by atoms with E-state index in [2.05, 4.69) is 19.1 Å². The maximum Gasteiger partial charge on any atom is 0.227 e. The molecule has 2 aromatic rings. The summed E-state index contributed by atoms with van der Waals surface area (Å²) in [5.74, 6) is 0.154. The third-order valence-corrected chi connectivity index (χ3v) is 3.87. The smallest absolute Gasteiger partial charge is 0.227 e. The molecule has 3 heteroatoms. The first-order valence-electron chi connectivity index (χ1n) is 8.35. The highest BCUT2D eigenvalue weighted by atomic mass is 16.2. The van der Waals surface area contributed by atoms with Gasteiger partial charge in [0.15, 0.2) is 0 Å². The minimum atomic E-state index is -0.0804. The number of unbranched alkanes of at least 4 members (excludes halogenated alkanes) is 1. The Morgan fingerprint density at radius 2 is 1.65 bits per heavy atom.